The van der Waals surface area contributed by atoms with Crippen LogP contribution in [0.3, 0.4) is 0 Å². The fraction of sp³-hybridized carbons (Fsp3) is 0. The molecule has 88 valence electrons. The molecule has 0 radical (unpaired) electrons. The summed E-state index contributed by atoms with van der Waals surface area (Å²) in [5.74, 6) is 0.684. The molecule has 0 atom stereocenters. The fourth-order valence-electron chi connectivity index (χ4n) is 1.87. The Morgan fingerprint density at radius 2 is 1.67 bits per heavy atom. The molecule has 3 rings (SSSR count). The molecule has 1 heterocycles. The van der Waals surface area contributed by atoms with Crippen molar-refractivity contribution in [3.63, 3.8) is 0 Å². The lowest BCUT2D eigenvalue weighted by Gasteiger charge is -2.08. The van der Waals surface area contributed by atoms with Crippen LogP contribution in [-0.4, -0.2) is 4.98 Å². The van der Waals surface area contributed by atoms with Gasteiger partial charge in [-0.15, -0.1) is 0 Å². The first-order valence-corrected chi connectivity index (χ1v) is 5.63. The molecule has 0 aliphatic heterocycles. The maximum atomic E-state index is 11.6. The molecule has 0 fully saturated rings. The summed E-state index contributed by atoms with van der Waals surface area (Å²) in [6, 6.07) is 17.1. The Morgan fingerprint density at radius 1 is 0.944 bits per heavy atom. The van der Waals surface area contributed by atoms with Gasteiger partial charge in [0.15, 0.2) is 0 Å². The van der Waals surface area contributed by atoms with Gasteiger partial charge in [-0.25, -0.2) is 4.73 Å². The predicted molar refractivity (Wildman–Crippen MR) is 70.4 cm³/mol. The lowest BCUT2D eigenvalue weighted by atomic mass is 10.2. The maximum absolute atomic E-state index is 11.6. The second-order valence-corrected chi connectivity index (χ2v) is 3.93. The highest BCUT2D eigenvalue weighted by atomic mass is 16.5. The lowest BCUT2D eigenvalue weighted by Crippen LogP contribution is -2.27. The smallest absolute Gasteiger partial charge is 0.292 e. The third kappa shape index (κ3) is 1.84. The Hall–Kier alpha value is -2.62. The summed E-state index contributed by atoms with van der Waals surface area (Å²) >= 11 is 0. The van der Waals surface area contributed by atoms with E-state index in [1.54, 1.807) is 6.07 Å². The average molecular weight is 237 g/mol. The van der Waals surface area contributed by atoms with Crippen LogP contribution in [0.5, 0.6) is 0 Å². The molecular weight excluding hydrogens is 226 g/mol. The first-order chi connectivity index (χ1) is 8.84. The first kappa shape index (κ1) is 10.5. The summed E-state index contributed by atoms with van der Waals surface area (Å²) in [4.78, 5) is 4.14. The van der Waals surface area contributed by atoms with Gasteiger partial charge in [0.1, 0.15) is 5.52 Å². The summed E-state index contributed by atoms with van der Waals surface area (Å²) in [6.45, 7) is 0. The van der Waals surface area contributed by atoms with Crippen LogP contribution in [0.2, 0.25) is 0 Å². The summed E-state index contributed by atoms with van der Waals surface area (Å²) in [5, 5.41) is 15.6. The number of benzene rings is 2. The number of hydrogen-bond donors (Lipinski definition) is 1. The lowest BCUT2D eigenvalue weighted by molar-refractivity contribution is -0.580. The molecule has 0 bridgehead atoms. The number of hydrogen-bond acceptors (Lipinski definition) is 3. The molecule has 1 aromatic heterocycles. The molecule has 0 aliphatic rings. The Morgan fingerprint density at radius 3 is 2.50 bits per heavy atom. The van der Waals surface area contributed by atoms with Gasteiger partial charge in [0.2, 0.25) is 0 Å². The third-order valence-corrected chi connectivity index (χ3v) is 2.72. The van der Waals surface area contributed by atoms with Crippen LogP contribution < -0.4 is 10.0 Å². The number of para-hydroxylation sites is 2. The van der Waals surface area contributed by atoms with E-state index in [-0.39, 0.29) is 0 Å². The van der Waals surface area contributed by atoms with Gasteiger partial charge in [-0.2, -0.15) is 0 Å². The molecule has 0 saturated carbocycles. The van der Waals surface area contributed by atoms with Gasteiger partial charge in [0, 0.05) is 5.69 Å². The molecule has 0 unspecified atom stereocenters. The van der Waals surface area contributed by atoms with E-state index in [0.29, 0.717) is 11.3 Å². The molecule has 18 heavy (non-hydrogen) atoms. The number of fused-ring (bicyclic) bond motifs is 1. The molecule has 4 heteroatoms. The fourth-order valence-corrected chi connectivity index (χ4v) is 1.87. The minimum Gasteiger partial charge on any atom is -0.710 e. The van der Waals surface area contributed by atoms with Crippen LogP contribution in [0.4, 0.5) is 11.5 Å². The monoisotopic (exact) mass is 237 g/mol. The van der Waals surface area contributed by atoms with E-state index < -0.39 is 0 Å². The van der Waals surface area contributed by atoms with Crippen molar-refractivity contribution in [2.24, 2.45) is 0 Å². The summed E-state index contributed by atoms with van der Waals surface area (Å²) in [6.07, 6.45) is 1.27. The van der Waals surface area contributed by atoms with E-state index in [9.17, 15) is 5.21 Å². The minimum absolute atomic E-state index is 0.603. The molecular formula is C14H11N3O. The van der Waals surface area contributed by atoms with Crippen molar-refractivity contribution in [2.45, 2.75) is 0 Å². The molecule has 0 aliphatic carbocycles. The Balaban J connectivity index is 2.10. The predicted octanol–water partition coefficient (Wildman–Crippen LogP) is 2.61. The highest BCUT2D eigenvalue weighted by Crippen LogP contribution is 2.21. The van der Waals surface area contributed by atoms with Crippen molar-refractivity contribution in [1.29, 1.82) is 0 Å². The molecule has 1 N–H and O–H groups in total. The van der Waals surface area contributed by atoms with Crippen molar-refractivity contribution >= 4 is 22.4 Å². The normalized spacial score (nSPS) is 10.4. The van der Waals surface area contributed by atoms with E-state index in [1.165, 1.54) is 6.33 Å². The number of rotatable bonds is 2. The highest BCUT2D eigenvalue weighted by Gasteiger charge is 2.10. The molecule has 0 amide bonds. The molecule has 0 saturated heterocycles. The molecule has 2 aromatic carbocycles. The van der Waals surface area contributed by atoms with E-state index in [4.69, 9.17) is 0 Å². The second kappa shape index (κ2) is 4.33. The summed E-state index contributed by atoms with van der Waals surface area (Å²) < 4.78 is 0.769. The van der Waals surface area contributed by atoms with E-state index in [0.717, 1.165) is 15.8 Å². The molecule has 3 aromatic rings. The SMILES string of the molecule is [O-][n+]1cnc(Nc2ccccc2)c2ccccc21. The molecule has 0 spiro atoms. The van der Waals surface area contributed by atoms with Crippen LogP contribution in [0, 0.1) is 5.21 Å². The first-order valence-electron chi connectivity index (χ1n) is 5.63. The number of aromatic nitrogens is 2. The van der Waals surface area contributed by atoms with Gasteiger partial charge in [0.05, 0.1) is 5.39 Å². The quantitative estimate of drug-likeness (QED) is 0.550. The van der Waals surface area contributed by atoms with E-state index in [1.807, 2.05) is 48.5 Å². The van der Waals surface area contributed by atoms with Crippen LogP contribution >= 0.6 is 0 Å². The van der Waals surface area contributed by atoms with Crippen molar-refractivity contribution in [3.05, 3.63) is 66.1 Å². The zero-order valence-corrected chi connectivity index (χ0v) is 9.58. The van der Waals surface area contributed by atoms with Gasteiger partial charge in [0.25, 0.3) is 12.1 Å². The number of nitrogens with zero attached hydrogens (tertiary/aromatic N) is 2. The largest absolute Gasteiger partial charge is 0.710 e. The minimum atomic E-state index is 0.603. The zero-order valence-electron chi connectivity index (χ0n) is 9.58. The Bertz CT molecular complexity index is 683. The van der Waals surface area contributed by atoms with Crippen molar-refractivity contribution < 1.29 is 4.73 Å². The maximum Gasteiger partial charge on any atom is 0.292 e. The highest BCUT2D eigenvalue weighted by molar-refractivity contribution is 5.88. The van der Waals surface area contributed by atoms with E-state index >= 15 is 0 Å². The Kier molecular flexibility index (Phi) is 2.53. The third-order valence-electron chi connectivity index (χ3n) is 2.72. The van der Waals surface area contributed by atoms with Gasteiger partial charge >= 0.3 is 0 Å². The van der Waals surface area contributed by atoms with Crippen molar-refractivity contribution in [2.75, 3.05) is 5.32 Å². The zero-order chi connectivity index (χ0) is 12.4. The van der Waals surface area contributed by atoms with Crippen LogP contribution in [-0.2, 0) is 0 Å². The van der Waals surface area contributed by atoms with Gasteiger partial charge in [-0.05, 0) is 29.2 Å². The van der Waals surface area contributed by atoms with Crippen LogP contribution in [0.1, 0.15) is 0 Å². The van der Waals surface area contributed by atoms with Gasteiger partial charge in [-0.3, -0.25) is 0 Å². The van der Waals surface area contributed by atoms with Gasteiger partial charge in [-0.1, -0.05) is 30.3 Å². The average Bonchev–Trinajstić information content (AvgIpc) is 2.44. The van der Waals surface area contributed by atoms with Crippen molar-refractivity contribution in [3.8, 4) is 0 Å². The summed E-state index contributed by atoms with van der Waals surface area (Å²) in [5.41, 5.74) is 1.55. The molecule has 4 nitrogen and oxygen atoms in total. The standard InChI is InChI=1S/C14H11N3O/c18-17-10-15-14(12-8-4-5-9-13(12)17)16-11-6-2-1-3-7-11/h1-10H,(H,15,16). The number of nitrogens with one attached hydrogen (secondary N) is 1. The van der Waals surface area contributed by atoms with Crippen LogP contribution in [0.15, 0.2) is 60.9 Å². The van der Waals surface area contributed by atoms with Crippen LogP contribution in [0.25, 0.3) is 10.9 Å². The topological polar surface area (TPSA) is 51.9 Å². The number of anilines is 2. The summed E-state index contributed by atoms with van der Waals surface area (Å²) in [7, 11) is 0. The van der Waals surface area contributed by atoms with E-state index in [2.05, 4.69) is 10.3 Å². The van der Waals surface area contributed by atoms with Gasteiger partial charge < -0.3 is 10.5 Å². The second-order valence-electron chi connectivity index (χ2n) is 3.93. The Labute approximate surface area is 104 Å². The van der Waals surface area contributed by atoms with Crippen molar-refractivity contribution in [1.82, 2.24) is 4.98 Å².